The minimum absolute atomic E-state index is 1.03. The third kappa shape index (κ3) is 14.4. The summed E-state index contributed by atoms with van der Waals surface area (Å²) in [6, 6.07) is 66.6. The van der Waals surface area contributed by atoms with Gasteiger partial charge in [-0.3, -0.25) is 4.98 Å². The van der Waals surface area contributed by atoms with Crippen molar-refractivity contribution in [3.63, 3.8) is 0 Å². The molecule has 0 atom stereocenters. The first kappa shape index (κ1) is 70.3. The van der Waals surface area contributed by atoms with Crippen molar-refractivity contribution in [1.82, 2.24) is 47.4 Å². The van der Waals surface area contributed by atoms with Crippen LogP contribution in [0.5, 0.6) is 0 Å². The maximum atomic E-state index is 4.32. The molecule has 10 heteroatoms. The molecular weight excluding hydrogens is 1280 g/mol. The average molecular weight is 1380 g/mol. The molecule has 0 saturated carbocycles. The number of benzene rings is 8. The summed E-state index contributed by atoms with van der Waals surface area (Å²) in [6.07, 6.45) is 17.7. The molecule has 0 fully saturated rings. The third-order valence-corrected chi connectivity index (χ3v) is 22.5. The molecule has 18 rings (SSSR count). The number of aromatic nitrogens is 6. The van der Waals surface area contributed by atoms with Crippen molar-refractivity contribution in [3.05, 3.63) is 290 Å². The average Bonchev–Trinajstić information content (AvgIpc) is 1.63. The van der Waals surface area contributed by atoms with Gasteiger partial charge in [-0.05, 0) is 258 Å². The first-order valence-corrected chi connectivity index (χ1v) is 37.8. The normalized spacial score (nSPS) is 15.5. The zero-order valence-electron chi connectivity index (χ0n) is 64.2. The second-order valence-corrected chi connectivity index (χ2v) is 30.8. The van der Waals surface area contributed by atoms with Crippen molar-refractivity contribution >= 4 is 112 Å². The van der Waals surface area contributed by atoms with Gasteiger partial charge in [-0.1, -0.05) is 119 Å². The van der Waals surface area contributed by atoms with E-state index in [9.17, 15) is 0 Å². The molecule has 0 spiro atoms. The van der Waals surface area contributed by atoms with Gasteiger partial charge in [0.15, 0.2) is 0 Å². The Balaban J connectivity index is 0.000000113. The number of likely N-dealkylation sites (N-methyl/N-ethyl adjacent to an activating group) is 4. The molecule has 10 nitrogen and oxygen atoms in total. The molecule has 0 radical (unpaired) electrons. The van der Waals surface area contributed by atoms with Gasteiger partial charge in [0.2, 0.25) is 0 Å². The molecule has 14 aromatic rings. The number of nitrogens with zero attached hydrogens (tertiary/aromatic N) is 10. The first-order chi connectivity index (χ1) is 50.8. The summed E-state index contributed by atoms with van der Waals surface area (Å²) in [4.78, 5) is 14.0. The van der Waals surface area contributed by atoms with Gasteiger partial charge in [-0.2, -0.15) is 0 Å². The van der Waals surface area contributed by atoms with Gasteiger partial charge in [0.25, 0.3) is 0 Å². The number of allylic oxidation sites excluding steroid dienone is 4. The summed E-state index contributed by atoms with van der Waals surface area (Å²) in [5.41, 5.74) is 33.8. The lowest BCUT2D eigenvalue weighted by atomic mass is 10.0. The zero-order chi connectivity index (χ0) is 72.9. The molecule has 6 aromatic heterocycles. The van der Waals surface area contributed by atoms with Gasteiger partial charge in [0.1, 0.15) is 0 Å². The predicted molar refractivity (Wildman–Crippen MR) is 448 cm³/mol. The Morgan fingerprint density at radius 1 is 0.324 bits per heavy atom. The summed E-state index contributed by atoms with van der Waals surface area (Å²) in [5.74, 6) is 0. The van der Waals surface area contributed by atoms with Crippen LogP contribution in [0.25, 0.3) is 112 Å². The monoisotopic (exact) mass is 1380 g/mol. The lowest BCUT2D eigenvalue weighted by Gasteiger charge is -2.23. The van der Waals surface area contributed by atoms with E-state index in [1.807, 2.05) is 13.1 Å². The number of aryl methyl sites for hydroxylation is 6. The van der Waals surface area contributed by atoms with Gasteiger partial charge >= 0.3 is 0 Å². The van der Waals surface area contributed by atoms with Gasteiger partial charge in [0, 0.05) is 178 Å². The molecule has 4 aliphatic heterocycles. The minimum atomic E-state index is 1.03. The van der Waals surface area contributed by atoms with Crippen LogP contribution in [0.15, 0.2) is 194 Å². The summed E-state index contributed by atoms with van der Waals surface area (Å²) < 4.78 is 11.9. The Hall–Kier alpha value is -10.3. The number of rotatable bonds is 8. The lowest BCUT2D eigenvalue weighted by Crippen LogP contribution is -2.26. The molecule has 105 heavy (non-hydrogen) atoms. The van der Waals surface area contributed by atoms with Crippen molar-refractivity contribution in [2.75, 3.05) is 54.4 Å². The number of hydrogen-bond acceptors (Lipinski definition) is 5. The Bertz CT molecular complexity index is 5590. The molecule has 0 N–H and O–H groups in total. The standard InChI is InChI=1S/2C26H26N2.C22H25N3.C21H25N3/c2*1-18-8-11-25-23(14-18)24-17-27(3)13-12-26(24)28(25)16-19(2)21-10-9-20-6-4-5-7-22(20)15-21;1-15-5-6-21-19(11-15)20-14-24(4)10-8-22(20)25(21)13-16(2)18-7-9-23-17(3)12-18;1-15-7-8-20-17(12-15)18-14-22(3)11-9-21(18)24(20)13-16(2)19-6-5-10-23(19)4/h2*4-11,14-16H,12-13,17H2,1-3H3;5-7,9,11-13H,8,10,14H2,1-4H3;5-8,10,12-13H,9,11,14H2,1-4H3/b19-16+;19-16-;16-13+;16-13-. The highest BCUT2D eigenvalue weighted by molar-refractivity contribution is 5.96. The van der Waals surface area contributed by atoms with Crippen molar-refractivity contribution in [3.8, 4) is 0 Å². The van der Waals surface area contributed by atoms with E-state index in [2.05, 4.69) is 351 Å². The molecule has 0 unspecified atom stereocenters. The maximum absolute atomic E-state index is 4.32. The molecule has 0 saturated heterocycles. The topological polar surface area (TPSA) is 50.5 Å². The van der Waals surface area contributed by atoms with E-state index in [0.717, 1.165) is 83.7 Å². The zero-order valence-corrected chi connectivity index (χ0v) is 64.2. The van der Waals surface area contributed by atoms with Gasteiger partial charge in [-0.25, -0.2) is 0 Å². The van der Waals surface area contributed by atoms with Gasteiger partial charge in [0.05, 0.1) is 22.1 Å². The summed E-state index contributed by atoms with van der Waals surface area (Å²) in [6.45, 7) is 28.2. The second kappa shape index (κ2) is 29.7. The predicted octanol–water partition coefficient (Wildman–Crippen LogP) is 21.2. The highest BCUT2D eigenvalue weighted by Gasteiger charge is 2.27. The smallest absolute Gasteiger partial charge is 0.0529 e. The van der Waals surface area contributed by atoms with Gasteiger partial charge < -0.3 is 42.4 Å². The van der Waals surface area contributed by atoms with Crippen LogP contribution in [0.1, 0.15) is 123 Å². The van der Waals surface area contributed by atoms with Crippen LogP contribution in [0.2, 0.25) is 0 Å². The van der Waals surface area contributed by atoms with E-state index in [1.54, 1.807) is 0 Å². The highest BCUT2D eigenvalue weighted by Crippen LogP contribution is 2.38. The van der Waals surface area contributed by atoms with E-state index in [-0.39, 0.29) is 0 Å². The quantitative estimate of drug-likeness (QED) is 0.152. The fourth-order valence-corrected chi connectivity index (χ4v) is 16.8. The fourth-order valence-electron chi connectivity index (χ4n) is 16.8. The first-order valence-electron chi connectivity index (χ1n) is 37.8. The lowest BCUT2D eigenvalue weighted by molar-refractivity contribution is 0.312. The van der Waals surface area contributed by atoms with Crippen LogP contribution >= 0.6 is 0 Å². The number of hydrogen-bond donors (Lipinski definition) is 0. The van der Waals surface area contributed by atoms with Gasteiger partial charge in [-0.15, -0.1) is 0 Å². The van der Waals surface area contributed by atoms with Crippen LogP contribution in [0.3, 0.4) is 0 Å². The van der Waals surface area contributed by atoms with Crippen LogP contribution in [-0.2, 0) is 58.9 Å². The Labute approximate surface area is 621 Å². The highest BCUT2D eigenvalue weighted by atomic mass is 15.1. The summed E-state index contributed by atoms with van der Waals surface area (Å²) in [7, 11) is 11.0. The number of pyridine rings is 1. The number of fused-ring (bicyclic) bond motifs is 14. The molecule has 8 aromatic carbocycles. The van der Waals surface area contributed by atoms with E-state index in [0.29, 0.717) is 0 Å². The molecule has 0 aliphatic carbocycles. The van der Waals surface area contributed by atoms with Crippen molar-refractivity contribution in [1.29, 1.82) is 0 Å². The molecule has 4 aliphatic rings. The molecular formula is C95H102N10. The molecule has 0 amide bonds. The second-order valence-electron chi connectivity index (χ2n) is 30.8. The van der Waals surface area contributed by atoms with Crippen LogP contribution in [0, 0.1) is 34.6 Å². The van der Waals surface area contributed by atoms with Crippen molar-refractivity contribution in [2.45, 2.75) is 114 Å². The fraction of sp³-hybridized carbons (Fsp3) is 0.274. The van der Waals surface area contributed by atoms with E-state index >= 15 is 0 Å². The van der Waals surface area contributed by atoms with Crippen molar-refractivity contribution in [2.24, 2.45) is 7.05 Å². The maximum Gasteiger partial charge on any atom is 0.0529 e. The van der Waals surface area contributed by atoms with E-state index in [1.165, 1.54) is 177 Å². The SMILES string of the molecule is C/C(=C/n1c2c(c3cc(C)ccc31)CN(C)CC2)c1ccc2ccccc2c1.C/C(=C/n1c2c(c3cc(C)ccc31)CN(C)CC2)c1cccn1C.C/C(=C\n1c2c(c3cc(C)ccc31)CN(C)CC2)c1ccc2ccccc2c1.C/C(=C\n1c2c(c3cc(C)ccc31)CN(C)CC2)c1ccnc(C)c1. The minimum Gasteiger partial charge on any atom is -0.351 e. The van der Waals surface area contributed by atoms with Crippen molar-refractivity contribution < 1.29 is 0 Å². The summed E-state index contributed by atoms with van der Waals surface area (Å²) in [5, 5.41) is 10.8. The Morgan fingerprint density at radius 3 is 0.971 bits per heavy atom. The Kier molecular flexibility index (Phi) is 19.9. The summed E-state index contributed by atoms with van der Waals surface area (Å²) >= 11 is 0. The van der Waals surface area contributed by atoms with E-state index < -0.39 is 0 Å². The van der Waals surface area contributed by atoms with Crippen LogP contribution in [-0.4, -0.2) is 102 Å². The third-order valence-electron chi connectivity index (χ3n) is 22.5. The van der Waals surface area contributed by atoms with Crippen LogP contribution in [0.4, 0.5) is 0 Å². The Morgan fingerprint density at radius 2 is 0.648 bits per heavy atom. The van der Waals surface area contributed by atoms with E-state index in [4.69, 9.17) is 0 Å². The molecule has 532 valence electrons. The molecule has 0 bridgehead atoms. The molecule has 10 heterocycles. The van der Waals surface area contributed by atoms with Crippen LogP contribution < -0.4 is 0 Å². The largest absolute Gasteiger partial charge is 0.351 e.